The average Bonchev–Trinajstić information content (AvgIpc) is 3.16. The minimum Gasteiger partial charge on any atom is -0.497 e. The third-order valence-corrected chi connectivity index (χ3v) is 5.81. The number of fused-ring (bicyclic) bond motifs is 3. The first-order valence-corrected chi connectivity index (χ1v) is 10.6. The largest absolute Gasteiger partial charge is 0.497 e. The molecule has 0 bridgehead atoms. The summed E-state index contributed by atoms with van der Waals surface area (Å²) >= 11 is 0. The van der Waals surface area contributed by atoms with Gasteiger partial charge < -0.3 is 18.6 Å². The number of rotatable bonds is 6. The van der Waals surface area contributed by atoms with Crippen molar-refractivity contribution in [1.29, 1.82) is 0 Å². The zero-order valence-electron chi connectivity index (χ0n) is 18.1. The van der Waals surface area contributed by atoms with Crippen LogP contribution in [0.1, 0.15) is 11.1 Å². The van der Waals surface area contributed by atoms with E-state index in [1.54, 1.807) is 18.7 Å². The van der Waals surface area contributed by atoms with Gasteiger partial charge in [-0.1, -0.05) is 48.5 Å². The smallest absolute Gasteiger partial charge is 0.274 e. The first kappa shape index (κ1) is 19.9. The summed E-state index contributed by atoms with van der Waals surface area (Å²) in [5.74, 6) is 1.58. The third kappa shape index (κ3) is 3.52. The molecule has 0 N–H and O–H groups in total. The van der Waals surface area contributed by atoms with E-state index in [4.69, 9.17) is 9.47 Å². The van der Waals surface area contributed by atoms with Gasteiger partial charge in [0.25, 0.3) is 5.56 Å². The van der Waals surface area contributed by atoms with Crippen molar-refractivity contribution in [3.8, 4) is 11.5 Å². The number of pyridine rings is 1. The standard InChI is InChI=1S/C27H24N2O3/c1-28-16-15-22-25-23(9-6-10-24(25)32-18-20-7-4-3-5-8-20)29(26(22)27(28)30)17-19-11-13-21(31-2)14-12-19/h3-16H,17-18H2,1-2H3. The molecule has 0 aliphatic rings. The lowest BCUT2D eigenvalue weighted by Crippen LogP contribution is -2.18. The van der Waals surface area contributed by atoms with E-state index in [-0.39, 0.29) is 5.56 Å². The number of ether oxygens (including phenoxy) is 2. The lowest BCUT2D eigenvalue weighted by molar-refractivity contribution is 0.310. The highest BCUT2D eigenvalue weighted by atomic mass is 16.5. The summed E-state index contributed by atoms with van der Waals surface area (Å²) in [5, 5.41) is 1.87. The van der Waals surface area contributed by atoms with Crippen molar-refractivity contribution in [2.24, 2.45) is 7.05 Å². The van der Waals surface area contributed by atoms with Gasteiger partial charge in [-0.3, -0.25) is 4.79 Å². The Morgan fingerprint density at radius 2 is 1.62 bits per heavy atom. The zero-order chi connectivity index (χ0) is 22.1. The van der Waals surface area contributed by atoms with Gasteiger partial charge in [0, 0.05) is 30.6 Å². The maximum Gasteiger partial charge on any atom is 0.274 e. The Bertz CT molecular complexity index is 1450. The van der Waals surface area contributed by atoms with Crippen molar-refractivity contribution >= 4 is 21.8 Å². The molecule has 0 aliphatic carbocycles. The molecule has 0 aliphatic heterocycles. The van der Waals surface area contributed by atoms with Crippen LogP contribution in [0.4, 0.5) is 0 Å². The van der Waals surface area contributed by atoms with E-state index < -0.39 is 0 Å². The fraction of sp³-hybridized carbons (Fsp3) is 0.148. The maximum absolute atomic E-state index is 13.2. The van der Waals surface area contributed by atoms with Gasteiger partial charge in [-0.2, -0.15) is 0 Å². The second kappa shape index (κ2) is 8.27. The molecule has 0 amide bonds. The zero-order valence-corrected chi connectivity index (χ0v) is 18.1. The molecule has 5 nitrogen and oxygen atoms in total. The van der Waals surface area contributed by atoms with Gasteiger partial charge in [-0.15, -0.1) is 0 Å². The van der Waals surface area contributed by atoms with Crippen molar-refractivity contribution in [3.05, 3.63) is 107 Å². The summed E-state index contributed by atoms with van der Waals surface area (Å²) in [7, 11) is 3.44. The van der Waals surface area contributed by atoms with Crippen molar-refractivity contribution in [1.82, 2.24) is 9.13 Å². The van der Waals surface area contributed by atoms with Gasteiger partial charge >= 0.3 is 0 Å². The molecule has 5 rings (SSSR count). The number of methoxy groups -OCH3 is 1. The van der Waals surface area contributed by atoms with Gasteiger partial charge in [-0.05, 0) is 41.5 Å². The number of hydrogen-bond acceptors (Lipinski definition) is 3. The lowest BCUT2D eigenvalue weighted by Gasteiger charge is -2.10. The molecule has 0 atom stereocenters. The van der Waals surface area contributed by atoms with Gasteiger partial charge in [0.15, 0.2) is 0 Å². The molecular formula is C27H24N2O3. The molecule has 0 saturated carbocycles. The van der Waals surface area contributed by atoms with Gasteiger partial charge in [0.2, 0.25) is 0 Å². The molecule has 0 spiro atoms. The molecule has 2 aromatic heterocycles. The molecule has 0 unspecified atom stereocenters. The van der Waals surface area contributed by atoms with Crippen LogP contribution >= 0.6 is 0 Å². The molecule has 3 aromatic carbocycles. The molecule has 0 radical (unpaired) electrons. The highest BCUT2D eigenvalue weighted by Crippen LogP contribution is 2.35. The molecule has 32 heavy (non-hydrogen) atoms. The molecule has 5 heteroatoms. The quantitative estimate of drug-likeness (QED) is 0.380. The molecule has 2 heterocycles. The average molecular weight is 425 g/mol. The highest BCUT2D eigenvalue weighted by Gasteiger charge is 2.18. The minimum atomic E-state index is -0.0266. The summed E-state index contributed by atoms with van der Waals surface area (Å²) in [6.45, 7) is 1.04. The first-order chi connectivity index (χ1) is 15.7. The van der Waals surface area contributed by atoms with E-state index in [2.05, 4.69) is 4.57 Å². The van der Waals surface area contributed by atoms with Gasteiger partial charge in [0.05, 0.1) is 12.6 Å². The second-order valence-electron chi connectivity index (χ2n) is 7.85. The molecule has 0 fully saturated rings. The topological polar surface area (TPSA) is 45.4 Å². The van der Waals surface area contributed by atoms with Crippen LogP contribution in [-0.4, -0.2) is 16.2 Å². The molecule has 5 aromatic rings. The van der Waals surface area contributed by atoms with Crippen LogP contribution in [0, 0.1) is 0 Å². The van der Waals surface area contributed by atoms with Crippen LogP contribution in [0.3, 0.4) is 0 Å². The summed E-state index contributed by atoms with van der Waals surface area (Å²) in [4.78, 5) is 13.2. The number of hydrogen-bond donors (Lipinski definition) is 0. The van der Waals surface area contributed by atoms with Crippen molar-refractivity contribution in [3.63, 3.8) is 0 Å². The Balaban J connectivity index is 1.66. The van der Waals surface area contributed by atoms with Crippen molar-refractivity contribution < 1.29 is 9.47 Å². The fourth-order valence-corrected chi connectivity index (χ4v) is 4.15. The van der Waals surface area contributed by atoms with Crippen molar-refractivity contribution in [2.75, 3.05) is 7.11 Å². The summed E-state index contributed by atoms with van der Waals surface area (Å²) < 4.78 is 15.2. The Morgan fingerprint density at radius 3 is 2.38 bits per heavy atom. The Labute approximate surface area is 186 Å². The Hall–Kier alpha value is -3.99. The van der Waals surface area contributed by atoms with Crippen LogP contribution in [-0.2, 0) is 20.2 Å². The number of aryl methyl sites for hydroxylation is 1. The van der Waals surface area contributed by atoms with E-state index in [1.165, 1.54) is 0 Å². The first-order valence-electron chi connectivity index (χ1n) is 10.6. The monoisotopic (exact) mass is 424 g/mol. The van der Waals surface area contributed by atoms with E-state index in [1.807, 2.05) is 85.1 Å². The molecule has 160 valence electrons. The predicted molar refractivity (Wildman–Crippen MR) is 128 cm³/mol. The Morgan fingerprint density at radius 1 is 0.844 bits per heavy atom. The van der Waals surface area contributed by atoms with E-state index in [0.29, 0.717) is 18.7 Å². The Kier molecular flexibility index (Phi) is 5.15. The van der Waals surface area contributed by atoms with E-state index >= 15 is 0 Å². The van der Waals surface area contributed by atoms with Crippen molar-refractivity contribution in [2.45, 2.75) is 13.2 Å². The third-order valence-electron chi connectivity index (χ3n) is 5.81. The number of benzene rings is 3. The van der Waals surface area contributed by atoms with Crippen LogP contribution in [0.5, 0.6) is 11.5 Å². The predicted octanol–water partition coefficient (Wildman–Crippen LogP) is 5.13. The fourth-order valence-electron chi connectivity index (χ4n) is 4.15. The molecular weight excluding hydrogens is 400 g/mol. The van der Waals surface area contributed by atoms with Gasteiger partial charge in [0.1, 0.15) is 23.6 Å². The summed E-state index contributed by atoms with van der Waals surface area (Å²) in [5.41, 5.74) is 3.82. The van der Waals surface area contributed by atoms with Gasteiger partial charge in [-0.25, -0.2) is 0 Å². The highest BCUT2D eigenvalue weighted by molar-refractivity contribution is 6.11. The van der Waals surface area contributed by atoms with Crippen LogP contribution in [0.15, 0.2) is 89.9 Å². The number of aromatic nitrogens is 2. The van der Waals surface area contributed by atoms with Crippen LogP contribution in [0.2, 0.25) is 0 Å². The minimum absolute atomic E-state index is 0.0266. The molecule has 0 saturated heterocycles. The second-order valence-corrected chi connectivity index (χ2v) is 7.85. The number of nitrogens with zero attached hydrogens (tertiary/aromatic N) is 2. The lowest BCUT2D eigenvalue weighted by atomic mass is 10.1. The van der Waals surface area contributed by atoms with E-state index in [9.17, 15) is 4.79 Å². The van der Waals surface area contributed by atoms with E-state index in [0.717, 1.165) is 38.9 Å². The van der Waals surface area contributed by atoms with Crippen LogP contribution < -0.4 is 15.0 Å². The summed E-state index contributed by atoms with van der Waals surface area (Å²) in [6.07, 6.45) is 1.82. The summed E-state index contributed by atoms with van der Waals surface area (Å²) in [6, 6.07) is 26.0. The SMILES string of the molecule is COc1ccc(Cn2c3cccc(OCc4ccccc4)c3c3ccn(C)c(=O)c32)cc1. The van der Waals surface area contributed by atoms with Crippen LogP contribution in [0.25, 0.3) is 21.8 Å². The normalized spacial score (nSPS) is 11.2. The maximum atomic E-state index is 13.2.